The molecule has 1 N–H and O–H groups in total. The van der Waals surface area contributed by atoms with Gasteiger partial charge in [-0.25, -0.2) is 13.9 Å². The fraction of sp³-hybridized carbons (Fsp3) is 0.130. The van der Waals surface area contributed by atoms with Gasteiger partial charge >= 0.3 is 0 Å². The quantitative estimate of drug-likeness (QED) is 0.553. The lowest BCUT2D eigenvalue weighted by molar-refractivity contribution is 0.402. The molecule has 6 heteroatoms. The molecule has 0 radical (unpaired) electrons. The van der Waals surface area contributed by atoms with Gasteiger partial charge in [0, 0.05) is 12.2 Å². The maximum atomic E-state index is 13.8. The SMILES string of the molecule is CN(C)Cc1cccc(Nc2nc3ccc(F)cc3c(=O)n2-c2ccccc2)c1. The fourth-order valence-electron chi connectivity index (χ4n) is 3.30. The van der Waals surface area contributed by atoms with E-state index in [0.717, 1.165) is 17.8 Å². The van der Waals surface area contributed by atoms with Crippen molar-refractivity contribution in [2.24, 2.45) is 0 Å². The molecule has 3 aromatic carbocycles. The second-order valence-electron chi connectivity index (χ2n) is 7.14. The van der Waals surface area contributed by atoms with Gasteiger partial charge in [-0.3, -0.25) is 4.79 Å². The number of hydrogen-bond acceptors (Lipinski definition) is 4. The second kappa shape index (κ2) is 7.85. The molecule has 0 amide bonds. The summed E-state index contributed by atoms with van der Waals surface area (Å²) in [6.07, 6.45) is 0. The first-order chi connectivity index (χ1) is 14.0. The van der Waals surface area contributed by atoms with Gasteiger partial charge in [-0.05, 0) is 62.1 Å². The van der Waals surface area contributed by atoms with Crippen LogP contribution in [0.3, 0.4) is 0 Å². The zero-order valence-electron chi connectivity index (χ0n) is 16.3. The molecule has 0 saturated carbocycles. The highest BCUT2D eigenvalue weighted by atomic mass is 19.1. The zero-order valence-corrected chi connectivity index (χ0v) is 16.3. The molecule has 4 rings (SSSR count). The number of rotatable bonds is 5. The number of para-hydroxylation sites is 1. The smallest absolute Gasteiger partial charge is 0.267 e. The Labute approximate surface area is 168 Å². The van der Waals surface area contributed by atoms with Crippen molar-refractivity contribution in [3.05, 3.63) is 94.5 Å². The topological polar surface area (TPSA) is 50.2 Å². The lowest BCUT2D eigenvalue weighted by Gasteiger charge is -2.16. The van der Waals surface area contributed by atoms with Crippen LogP contribution in [0.2, 0.25) is 0 Å². The van der Waals surface area contributed by atoms with Gasteiger partial charge in [0.05, 0.1) is 16.6 Å². The zero-order chi connectivity index (χ0) is 20.4. The summed E-state index contributed by atoms with van der Waals surface area (Å²) in [6.45, 7) is 0.797. The van der Waals surface area contributed by atoms with Gasteiger partial charge in [0.25, 0.3) is 5.56 Å². The molecule has 29 heavy (non-hydrogen) atoms. The summed E-state index contributed by atoms with van der Waals surface area (Å²) in [5.74, 6) is -0.0876. The Morgan fingerprint density at radius 1 is 1.00 bits per heavy atom. The predicted molar refractivity (Wildman–Crippen MR) is 114 cm³/mol. The molecule has 146 valence electrons. The molecule has 0 spiro atoms. The van der Waals surface area contributed by atoms with Crippen molar-refractivity contribution >= 4 is 22.5 Å². The monoisotopic (exact) mass is 388 g/mol. The molecular formula is C23H21FN4O. The van der Waals surface area contributed by atoms with E-state index < -0.39 is 5.82 Å². The van der Waals surface area contributed by atoms with Crippen LogP contribution in [-0.2, 0) is 6.54 Å². The Balaban J connectivity index is 1.87. The lowest BCUT2D eigenvalue weighted by atomic mass is 10.2. The minimum Gasteiger partial charge on any atom is -0.325 e. The maximum absolute atomic E-state index is 13.8. The number of nitrogens with zero attached hydrogens (tertiary/aromatic N) is 3. The van der Waals surface area contributed by atoms with Gasteiger partial charge in [0.2, 0.25) is 5.95 Å². The summed E-state index contributed by atoms with van der Waals surface area (Å²) in [6, 6.07) is 21.2. The van der Waals surface area contributed by atoms with Crippen LogP contribution in [0.25, 0.3) is 16.6 Å². The van der Waals surface area contributed by atoms with Crippen molar-refractivity contribution in [3.63, 3.8) is 0 Å². The van der Waals surface area contributed by atoms with Crippen molar-refractivity contribution in [1.82, 2.24) is 14.5 Å². The summed E-state index contributed by atoms with van der Waals surface area (Å²) in [7, 11) is 4.02. The molecule has 0 bridgehead atoms. The highest BCUT2D eigenvalue weighted by Gasteiger charge is 2.14. The first-order valence-corrected chi connectivity index (χ1v) is 9.30. The van der Waals surface area contributed by atoms with E-state index in [1.165, 1.54) is 22.8 Å². The van der Waals surface area contributed by atoms with Crippen molar-refractivity contribution in [3.8, 4) is 5.69 Å². The number of aromatic nitrogens is 2. The molecule has 0 aliphatic rings. The van der Waals surface area contributed by atoms with E-state index in [4.69, 9.17) is 0 Å². The summed E-state index contributed by atoms with van der Waals surface area (Å²) >= 11 is 0. The van der Waals surface area contributed by atoms with Crippen molar-refractivity contribution in [2.75, 3.05) is 19.4 Å². The summed E-state index contributed by atoms with van der Waals surface area (Å²) < 4.78 is 15.2. The number of fused-ring (bicyclic) bond motifs is 1. The van der Waals surface area contributed by atoms with Gasteiger partial charge in [-0.15, -0.1) is 0 Å². The van der Waals surface area contributed by atoms with Crippen molar-refractivity contribution in [2.45, 2.75) is 6.54 Å². The largest absolute Gasteiger partial charge is 0.325 e. The van der Waals surface area contributed by atoms with Crippen molar-refractivity contribution in [1.29, 1.82) is 0 Å². The van der Waals surface area contributed by atoms with Crippen LogP contribution in [0.5, 0.6) is 0 Å². The molecule has 1 heterocycles. The van der Waals surface area contributed by atoms with E-state index in [2.05, 4.69) is 15.2 Å². The Hall–Kier alpha value is -3.51. The number of benzene rings is 3. The lowest BCUT2D eigenvalue weighted by Crippen LogP contribution is -2.23. The summed E-state index contributed by atoms with van der Waals surface area (Å²) in [5.41, 5.74) is 2.73. The summed E-state index contributed by atoms with van der Waals surface area (Å²) in [5, 5.41) is 3.51. The van der Waals surface area contributed by atoms with E-state index in [1.54, 1.807) is 0 Å². The standard InChI is InChI=1S/C23H21FN4O/c1-27(2)15-16-7-6-8-18(13-16)25-23-26-21-12-11-17(24)14-20(21)22(29)28(23)19-9-4-3-5-10-19/h3-14H,15H2,1-2H3,(H,25,26). The van der Waals surface area contributed by atoms with Crippen molar-refractivity contribution < 1.29 is 4.39 Å². The molecule has 4 aromatic rings. The maximum Gasteiger partial charge on any atom is 0.267 e. The third-order valence-corrected chi connectivity index (χ3v) is 4.53. The first-order valence-electron chi connectivity index (χ1n) is 9.30. The normalized spacial score (nSPS) is 11.2. The minimum absolute atomic E-state index is 0.237. The highest BCUT2D eigenvalue weighted by molar-refractivity contribution is 5.80. The average Bonchev–Trinajstić information content (AvgIpc) is 2.69. The average molecular weight is 388 g/mol. The third-order valence-electron chi connectivity index (χ3n) is 4.53. The predicted octanol–water partition coefficient (Wildman–Crippen LogP) is 4.33. The highest BCUT2D eigenvalue weighted by Crippen LogP contribution is 2.21. The van der Waals surface area contributed by atoms with Crippen LogP contribution in [0, 0.1) is 5.82 Å². The van der Waals surface area contributed by atoms with E-state index in [9.17, 15) is 9.18 Å². The Morgan fingerprint density at radius 2 is 1.79 bits per heavy atom. The van der Waals surface area contributed by atoms with E-state index in [1.807, 2.05) is 68.7 Å². The minimum atomic E-state index is -0.465. The molecule has 1 aromatic heterocycles. The van der Waals surface area contributed by atoms with Gasteiger partial charge in [-0.2, -0.15) is 0 Å². The molecular weight excluding hydrogens is 367 g/mol. The number of halogens is 1. The van der Waals surface area contributed by atoms with Crippen LogP contribution >= 0.6 is 0 Å². The van der Waals surface area contributed by atoms with E-state index in [-0.39, 0.29) is 10.9 Å². The molecule has 0 aliphatic carbocycles. The Morgan fingerprint density at radius 3 is 2.55 bits per heavy atom. The third kappa shape index (κ3) is 4.02. The summed E-state index contributed by atoms with van der Waals surface area (Å²) in [4.78, 5) is 19.9. The van der Waals surface area contributed by atoms with Crippen LogP contribution in [-0.4, -0.2) is 28.5 Å². The Bertz CT molecular complexity index is 1220. The fourth-order valence-corrected chi connectivity index (χ4v) is 3.30. The molecule has 0 aliphatic heterocycles. The molecule has 0 fully saturated rings. The second-order valence-corrected chi connectivity index (χ2v) is 7.14. The van der Waals surface area contributed by atoms with Gasteiger partial charge in [0.1, 0.15) is 5.82 Å². The van der Waals surface area contributed by atoms with Gasteiger partial charge in [-0.1, -0.05) is 30.3 Å². The van der Waals surface area contributed by atoms with E-state index in [0.29, 0.717) is 17.2 Å². The Kier molecular flexibility index (Phi) is 5.10. The van der Waals surface area contributed by atoms with Crippen LogP contribution in [0.1, 0.15) is 5.56 Å². The number of anilines is 2. The molecule has 0 saturated heterocycles. The van der Waals surface area contributed by atoms with Crippen LogP contribution in [0.15, 0.2) is 77.6 Å². The number of nitrogens with one attached hydrogen (secondary N) is 1. The van der Waals surface area contributed by atoms with Crippen LogP contribution < -0.4 is 10.9 Å². The van der Waals surface area contributed by atoms with Gasteiger partial charge in [0.15, 0.2) is 0 Å². The number of hydrogen-bond donors (Lipinski definition) is 1. The van der Waals surface area contributed by atoms with Gasteiger partial charge < -0.3 is 10.2 Å². The molecule has 0 atom stereocenters. The first kappa shape index (κ1) is 18.8. The molecule has 5 nitrogen and oxygen atoms in total. The van der Waals surface area contributed by atoms with E-state index >= 15 is 0 Å². The van der Waals surface area contributed by atoms with Crippen LogP contribution in [0.4, 0.5) is 16.0 Å². The molecule has 0 unspecified atom stereocenters.